The van der Waals surface area contributed by atoms with Crippen molar-refractivity contribution in [3.8, 4) is 22.6 Å². The molecule has 3 aromatic carbocycles. The molecule has 4 aromatic rings. The van der Waals surface area contributed by atoms with E-state index < -0.39 is 0 Å². The largest absolute Gasteiger partial charge is 0.355 e. The Morgan fingerprint density at radius 3 is 2.69 bits per heavy atom. The minimum Gasteiger partial charge on any atom is -0.355 e. The molecule has 5 rings (SSSR count). The number of nitrogens with one attached hydrogen (secondary N) is 2. The number of hydrogen-bond donors (Lipinski definition) is 2. The first-order valence-electron chi connectivity index (χ1n) is 11.1. The van der Waals surface area contributed by atoms with Crippen molar-refractivity contribution in [2.75, 3.05) is 11.9 Å². The van der Waals surface area contributed by atoms with Crippen molar-refractivity contribution in [2.24, 2.45) is 0 Å². The second kappa shape index (κ2) is 8.81. The number of hydrogen-bond acceptors (Lipinski definition) is 3. The Kier molecular flexibility index (Phi) is 5.73. The number of halogens is 1. The summed E-state index contributed by atoms with van der Waals surface area (Å²) in [5, 5.41) is 4.31. The Hall–Kier alpha value is -3.08. The summed E-state index contributed by atoms with van der Waals surface area (Å²) >= 11 is 6.56. The van der Waals surface area contributed by atoms with Gasteiger partial charge in [0.25, 0.3) is 0 Å². The second-order valence-electron chi connectivity index (χ2n) is 8.59. The molecule has 0 saturated heterocycles. The molecule has 0 aliphatic carbocycles. The minimum atomic E-state index is 0.563. The molecule has 162 valence electrons. The highest BCUT2D eigenvalue weighted by atomic mass is 35.5. The molecule has 0 spiro atoms. The summed E-state index contributed by atoms with van der Waals surface area (Å²) in [7, 11) is 0. The Morgan fingerprint density at radius 2 is 1.88 bits per heavy atom. The fourth-order valence-electron chi connectivity index (χ4n) is 4.35. The Morgan fingerprint density at radius 1 is 1.03 bits per heavy atom. The van der Waals surface area contributed by atoms with Crippen molar-refractivity contribution in [3.05, 3.63) is 89.1 Å². The molecule has 0 bridgehead atoms. The molecule has 0 atom stereocenters. The summed E-state index contributed by atoms with van der Waals surface area (Å²) in [5.74, 6) is 0.764. The van der Waals surface area contributed by atoms with Gasteiger partial charge in [-0.15, -0.1) is 0 Å². The minimum absolute atomic E-state index is 0.563. The van der Waals surface area contributed by atoms with Crippen LogP contribution in [0.2, 0.25) is 5.02 Å². The van der Waals surface area contributed by atoms with Crippen LogP contribution >= 0.6 is 11.6 Å². The summed E-state index contributed by atoms with van der Waals surface area (Å²) in [6.07, 6.45) is 2.91. The maximum absolute atomic E-state index is 6.56. The summed E-state index contributed by atoms with van der Waals surface area (Å²) in [6.45, 7) is 6.62. The zero-order valence-corrected chi connectivity index (χ0v) is 19.2. The van der Waals surface area contributed by atoms with Gasteiger partial charge >= 0.3 is 0 Å². The Balaban J connectivity index is 1.42. The van der Waals surface area contributed by atoms with Gasteiger partial charge in [-0.1, -0.05) is 54.1 Å². The van der Waals surface area contributed by atoms with Gasteiger partial charge in [-0.05, 0) is 61.2 Å². The number of anilines is 2. The fraction of sp³-hybridized carbons (Fsp3) is 0.222. The van der Waals surface area contributed by atoms with E-state index in [9.17, 15) is 0 Å². The molecule has 0 amide bonds. The van der Waals surface area contributed by atoms with Crippen LogP contribution in [0.5, 0.6) is 0 Å². The molecule has 5 heteroatoms. The monoisotopic (exact) mass is 442 g/mol. The van der Waals surface area contributed by atoms with Crippen LogP contribution in [0.25, 0.3) is 22.6 Å². The summed E-state index contributed by atoms with van der Waals surface area (Å²) < 4.78 is 0. The van der Waals surface area contributed by atoms with Crippen molar-refractivity contribution in [3.63, 3.8) is 0 Å². The Bertz CT molecular complexity index is 1230. The maximum Gasteiger partial charge on any atom is 0.139 e. The van der Waals surface area contributed by atoms with Gasteiger partial charge in [0.2, 0.25) is 0 Å². The molecule has 0 unspecified atom stereocenters. The molecule has 32 heavy (non-hydrogen) atoms. The number of fused-ring (bicyclic) bond motifs is 1. The topological polar surface area (TPSA) is 44.0 Å². The van der Waals surface area contributed by atoms with E-state index in [1.165, 1.54) is 16.8 Å². The van der Waals surface area contributed by atoms with Gasteiger partial charge in [0.05, 0.1) is 16.9 Å². The van der Waals surface area contributed by atoms with Gasteiger partial charge in [0, 0.05) is 36.1 Å². The second-order valence-corrected chi connectivity index (χ2v) is 9.00. The highest BCUT2D eigenvalue weighted by Crippen LogP contribution is 2.34. The standard InChI is InChI=1S/C27H27ClN4/c1-18(2)32-14-13-22-20(17-32)9-6-10-25(22)30-21-11-12-24(28)23(15-21)27-29-16-26(31-27)19-7-4-3-5-8-19/h3-12,15-16,18,30H,13-14,17H2,1-2H3,(H,29,31). The zero-order chi connectivity index (χ0) is 22.1. The lowest BCUT2D eigenvalue weighted by Gasteiger charge is -2.33. The molecule has 1 aliphatic rings. The van der Waals surface area contributed by atoms with Gasteiger partial charge in [-0.3, -0.25) is 4.90 Å². The molecular weight excluding hydrogens is 416 g/mol. The molecule has 0 saturated carbocycles. The van der Waals surface area contributed by atoms with E-state index in [2.05, 4.69) is 70.4 Å². The SMILES string of the molecule is CC(C)N1CCc2c(cccc2Nc2ccc(Cl)c(-c3ncc(-c4ccccc4)[nH]3)c2)C1. The molecule has 2 heterocycles. The van der Waals surface area contributed by atoms with Crippen molar-refractivity contribution < 1.29 is 0 Å². The molecule has 1 aliphatic heterocycles. The molecule has 2 N–H and O–H groups in total. The van der Waals surface area contributed by atoms with Crippen LogP contribution < -0.4 is 5.32 Å². The number of nitrogens with zero attached hydrogens (tertiary/aromatic N) is 2. The van der Waals surface area contributed by atoms with Gasteiger partial charge in [0.1, 0.15) is 5.82 Å². The van der Waals surface area contributed by atoms with Crippen molar-refractivity contribution in [1.29, 1.82) is 0 Å². The number of H-pyrrole nitrogens is 1. The van der Waals surface area contributed by atoms with E-state index in [0.29, 0.717) is 11.1 Å². The number of rotatable bonds is 5. The smallest absolute Gasteiger partial charge is 0.139 e. The zero-order valence-electron chi connectivity index (χ0n) is 18.4. The lowest BCUT2D eigenvalue weighted by molar-refractivity contribution is 0.203. The highest BCUT2D eigenvalue weighted by molar-refractivity contribution is 6.33. The summed E-state index contributed by atoms with van der Waals surface area (Å²) in [6, 6.07) is 23.3. The third-order valence-electron chi connectivity index (χ3n) is 6.19. The van der Waals surface area contributed by atoms with Gasteiger partial charge < -0.3 is 10.3 Å². The average molecular weight is 443 g/mol. The van der Waals surface area contributed by atoms with Crippen LogP contribution in [-0.2, 0) is 13.0 Å². The van der Waals surface area contributed by atoms with Crippen molar-refractivity contribution >= 4 is 23.0 Å². The number of aromatic nitrogens is 2. The maximum atomic E-state index is 6.56. The summed E-state index contributed by atoms with van der Waals surface area (Å²) in [5.41, 5.74) is 7.94. The van der Waals surface area contributed by atoms with Gasteiger partial charge in [-0.25, -0.2) is 4.98 Å². The Labute approximate surface area is 194 Å². The van der Waals surface area contributed by atoms with Crippen LogP contribution in [0, 0.1) is 0 Å². The van der Waals surface area contributed by atoms with Crippen LogP contribution in [0.15, 0.2) is 72.9 Å². The van der Waals surface area contributed by atoms with E-state index in [4.69, 9.17) is 11.6 Å². The molecule has 4 nitrogen and oxygen atoms in total. The van der Waals surface area contributed by atoms with E-state index >= 15 is 0 Å². The number of aromatic amines is 1. The highest BCUT2D eigenvalue weighted by Gasteiger charge is 2.20. The first kappa shape index (κ1) is 20.8. The predicted octanol–water partition coefficient (Wildman–Crippen LogP) is 6.91. The molecular formula is C27H27ClN4. The predicted molar refractivity (Wildman–Crippen MR) is 133 cm³/mol. The van der Waals surface area contributed by atoms with E-state index in [1.807, 2.05) is 36.5 Å². The van der Waals surface area contributed by atoms with Crippen LogP contribution in [0.1, 0.15) is 25.0 Å². The lowest BCUT2D eigenvalue weighted by Crippen LogP contribution is -2.36. The van der Waals surface area contributed by atoms with Crippen LogP contribution in [-0.4, -0.2) is 27.5 Å². The molecule has 0 fully saturated rings. The molecule has 0 radical (unpaired) electrons. The normalized spacial score (nSPS) is 13.9. The summed E-state index contributed by atoms with van der Waals surface area (Å²) in [4.78, 5) is 10.5. The molecule has 1 aromatic heterocycles. The third-order valence-corrected chi connectivity index (χ3v) is 6.52. The first-order chi connectivity index (χ1) is 15.6. The average Bonchev–Trinajstić information content (AvgIpc) is 3.31. The van der Waals surface area contributed by atoms with Crippen molar-refractivity contribution in [1.82, 2.24) is 14.9 Å². The third kappa shape index (κ3) is 4.16. The lowest BCUT2D eigenvalue weighted by atomic mass is 9.96. The first-order valence-corrected chi connectivity index (χ1v) is 11.5. The number of imidazole rings is 1. The van der Waals surface area contributed by atoms with Crippen molar-refractivity contribution in [2.45, 2.75) is 32.9 Å². The van der Waals surface area contributed by atoms with E-state index in [1.54, 1.807) is 0 Å². The fourth-order valence-corrected chi connectivity index (χ4v) is 4.56. The quantitative estimate of drug-likeness (QED) is 0.353. The van der Waals surface area contributed by atoms with Crippen LogP contribution in [0.4, 0.5) is 11.4 Å². The van der Waals surface area contributed by atoms with E-state index in [0.717, 1.165) is 47.8 Å². The van der Waals surface area contributed by atoms with Gasteiger partial charge in [0.15, 0.2) is 0 Å². The number of benzene rings is 3. The van der Waals surface area contributed by atoms with Gasteiger partial charge in [-0.2, -0.15) is 0 Å². The van der Waals surface area contributed by atoms with E-state index in [-0.39, 0.29) is 0 Å². The van der Waals surface area contributed by atoms with Crippen LogP contribution in [0.3, 0.4) is 0 Å².